The van der Waals surface area contributed by atoms with Crippen LogP contribution < -0.4 is 10.6 Å². The molecule has 2 aliphatic heterocycles. The Bertz CT molecular complexity index is 1200. The molecule has 3 heterocycles. The molecule has 0 aliphatic carbocycles. The number of amides is 3. The van der Waals surface area contributed by atoms with Gasteiger partial charge in [-0.05, 0) is 48.2 Å². The summed E-state index contributed by atoms with van der Waals surface area (Å²) in [6.45, 7) is 1.84. The van der Waals surface area contributed by atoms with Gasteiger partial charge in [-0.3, -0.25) is 9.48 Å². The number of hydrogen-bond donors (Lipinski definition) is 2. The Balaban J connectivity index is 1.19. The maximum Gasteiger partial charge on any atom is 0.319 e. The summed E-state index contributed by atoms with van der Waals surface area (Å²) in [6.07, 6.45) is 3.46. The lowest BCUT2D eigenvalue weighted by Gasteiger charge is -2.25. The van der Waals surface area contributed by atoms with Crippen LogP contribution in [0.3, 0.4) is 0 Å². The zero-order valence-electron chi connectivity index (χ0n) is 19.0. The van der Waals surface area contributed by atoms with E-state index in [0.717, 1.165) is 35.2 Å². The molecule has 2 aromatic carbocycles. The highest BCUT2D eigenvalue weighted by Crippen LogP contribution is 2.28. The smallest absolute Gasteiger partial charge is 0.319 e. The van der Waals surface area contributed by atoms with Crippen molar-refractivity contribution < 1.29 is 19.4 Å². The summed E-state index contributed by atoms with van der Waals surface area (Å²) in [5, 5.41) is 9.97. The summed E-state index contributed by atoms with van der Waals surface area (Å²) in [5.74, 6) is 0.0241. The number of fused-ring (bicyclic) bond motifs is 1. The Kier molecular flexibility index (Phi) is 6.29. The molecule has 1 fully saturated rings. The molecule has 9 nitrogen and oxygen atoms in total. The molecule has 1 saturated heterocycles. The van der Waals surface area contributed by atoms with E-state index < -0.39 is 0 Å². The molecule has 2 N–H and O–H groups in total. The highest BCUT2D eigenvalue weighted by Gasteiger charge is 2.33. The van der Waals surface area contributed by atoms with Gasteiger partial charge in [0.15, 0.2) is 0 Å². The molecule has 1 atom stereocenters. The Labute approximate surface area is 197 Å². The van der Waals surface area contributed by atoms with Crippen LogP contribution in [0.2, 0.25) is 0 Å². The third-order valence-electron chi connectivity index (χ3n) is 6.24. The van der Waals surface area contributed by atoms with Crippen LogP contribution in [0.1, 0.15) is 34.3 Å². The standard InChI is InChI=1S/C25H27N5O4/c1-29-23(9-10-27-29)18-4-2-5-20(13-18)28-25(32)26-14-17-7-8-22-19(12-17)15-30(24(22)31)21-6-3-11-33-34-16-21/h2,4-5,7-10,12-13,21H,3,6,11,14-16H2,1H3,(H2,26,28,32). The molecule has 0 radical (unpaired) electrons. The van der Waals surface area contributed by atoms with Gasteiger partial charge >= 0.3 is 6.03 Å². The van der Waals surface area contributed by atoms with Gasteiger partial charge in [-0.15, -0.1) is 0 Å². The van der Waals surface area contributed by atoms with Gasteiger partial charge in [0, 0.05) is 43.1 Å². The number of rotatable bonds is 5. The molecular formula is C25H27N5O4. The van der Waals surface area contributed by atoms with E-state index in [4.69, 9.17) is 9.78 Å². The molecule has 176 valence electrons. The third-order valence-corrected chi connectivity index (χ3v) is 6.24. The maximum absolute atomic E-state index is 12.9. The van der Waals surface area contributed by atoms with Crippen LogP contribution in [-0.2, 0) is 29.9 Å². The highest BCUT2D eigenvalue weighted by atomic mass is 17.2. The zero-order chi connectivity index (χ0) is 23.5. The van der Waals surface area contributed by atoms with Gasteiger partial charge < -0.3 is 15.5 Å². The molecule has 34 heavy (non-hydrogen) atoms. The predicted octanol–water partition coefficient (Wildman–Crippen LogP) is 3.48. The Hall–Kier alpha value is -3.69. The second-order valence-corrected chi connectivity index (χ2v) is 8.56. The van der Waals surface area contributed by atoms with Gasteiger partial charge in [-0.2, -0.15) is 5.10 Å². The van der Waals surface area contributed by atoms with Crippen molar-refractivity contribution in [3.8, 4) is 11.3 Å². The molecule has 1 aromatic heterocycles. The van der Waals surface area contributed by atoms with Gasteiger partial charge in [0.1, 0.15) is 6.61 Å². The van der Waals surface area contributed by atoms with Crippen LogP contribution in [0.4, 0.5) is 10.5 Å². The Morgan fingerprint density at radius 3 is 2.94 bits per heavy atom. The van der Waals surface area contributed by atoms with Gasteiger partial charge in [-0.1, -0.05) is 24.3 Å². The number of nitrogens with zero attached hydrogens (tertiary/aromatic N) is 3. The number of aromatic nitrogens is 2. The number of carbonyl (C=O) groups excluding carboxylic acids is 2. The van der Waals surface area contributed by atoms with Crippen LogP contribution in [-0.4, -0.2) is 45.9 Å². The summed E-state index contributed by atoms with van der Waals surface area (Å²) < 4.78 is 1.79. The maximum atomic E-state index is 12.9. The first-order chi connectivity index (χ1) is 16.6. The lowest BCUT2D eigenvalue weighted by atomic mass is 10.1. The van der Waals surface area contributed by atoms with E-state index in [9.17, 15) is 9.59 Å². The van der Waals surface area contributed by atoms with E-state index in [-0.39, 0.29) is 18.0 Å². The molecular weight excluding hydrogens is 434 g/mol. The molecule has 3 amide bonds. The highest BCUT2D eigenvalue weighted by molar-refractivity contribution is 5.98. The first-order valence-corrected chi connectivity index (χ1v) is 11.4. The van der Waals surface area contributed by atoms with Crippen LogP contribution in [0.5, 0.6) is 0 Å². The number of aryl methyl sites for hydroxylation is 1. The summed E-state index contributed by atoms with van der Waals surface area (Å²) >= 11 is 0. The van der Waals surface area contributed by atoms with Gasteiger partial charge in [0.25, 0.3) is 5.91 Å². The first-order valence-electron chi connectivity index (χ1n) is 11.4. The number of nitrogens with one attached hydrogen (secondary N) is 2. The number of anilines is 1. The van der Waals surface area contributed by atoms with E-state index in [1.54, 1.807) is 10.9 Å². The number of urea groups is 1. The van der Waals surface area contributed by atoms with Crippen molar-refractivity contribution >= 4 is 17.6 Å². The second kappa shape index (κ2) is 9.66. The zero-order valence-corrected chi connectivity index (χ0v) is 19.0. The molecule has 2 aliphatic rings. The van der Waals surface area contributed by atoms with Crippen LogP contribution >= 0.6 is 0 Å². The van der Waals surface area contributed by atoms with E-state index in [0.29, 0.717) is 37.6 Å². The first kappa shape index (κ1) is 22.1. The molecule has 3 aromatic rings. The van der Waals surface area contributed by atoms with Crippen molar-refractivity contribution in [2.45, 2.75) is 32.0 Å². The lowest BCUT2D eigenvalue weighted by molar-refractivity contribution is -0.292. The van der Waals surface area contributed by atoms with Gasteiger partial charge in [-0.25, -0.2) is 14.6 Å². The Morgan fingerprint density at radius 2 is 2.09 bits per heavy atom. The molecule has 9 heteroatoms. The topological polar surface area (TPSA) is 97.7 Å². The molecule has 0 bridgehead atoms. The van der Waals surface area contributed by atoms with E-state index in [1.807, 2.05) is 60.5 Å². The largest absolute Gasteiger partial charge is 0.334 e. The number of hydrogen-bond acceptors (Lipinski definition) is 5. The van der Waals surface area contributed by atoms with Crippen LogP contribution in [0.15, 0.2) is 54.7 Å². The molecule has 1 unspecified atom stereocenters. The summed E-state index contributed by atoms with van der Waals surface area (Å²) in [6, 6.07) is 15.0. The van der Waals surface area contributed by atoms with E-state index in [2.05, 4.69) is 15.7 Å². The fraction of sp³-hybridized carbons (Fsp3) is 0.320. The molecule has 5 rings (SSSR count). The summed E-state index contributed by atoms with van der Waals surface area (Å²) in [4.78, 5) is 37.5. The van der Waals surface area contributed by atoms with Crippen molar-refractivity contribution in [1.29, 1.82) is 0 Å². The minimum absolute atomic E-state index is 0.0110. The fourth-order valence-electron chi connectivity index (χ4n) is 4.47. The van der Waals surface area contributed by atoms with Crippen LogP contribution in [0, 0.1) is 0 Å². The van der Waals surface area contributed by atoms with E-state index in [1.165, 1.54) is 0 Å². The number of benzene rings is 2. The second-order valence-electron chi connectivity index (χ2n) is 8.56. The fourth-order valence-corrected chi connectivity index (χ4v) is 4.47. The quantitative estimate of drug-likeness (QED) is 0.567. The average molecular weight is 462 g/mol. The SMILES string of the molecule is Cn1nccc1-c1cccc(NC(=O)NCc2ccc3c(c2)CN(C2CCCOOC2)C3=O)c1. The van der Waals surface area contributed by atoms with Crippen LogP contribution in [0.25, 0.3) is 11.3 Å². The van der Waals surface area contributed by atoms with Gasteiger partial charge in [0.05, 0.1) is 18.3 Å². The number of carbonyl (C=O) groups is 2. The minimum Gasteiger partial charge on any atom is -0.334 e. The summed E-state index contributed by atoms with van der Waals surface area (Å²) in [7, 11) is 1.88. The van der Waals surface area contributed by atoms with Crippen molar-refractivity contribution in [2.75, 3.05) is 18.5 Å². The monoisotopic (exact) mass is 461 g/mol. The third kappa shape index (κ3) is 4.66. The van der Waals surface area contributed by atoms with Gasteiger partial charge in [0.2, 0.25) is 0 Å². The predicted molar refractivity (Wildman–Crippen MR) is 126 cm³/mol. The molecule has 0 saturated carbocycles. The van der Waals surface area contributed by atoms with Crippen molar-refractivity contribution in [1.82, 2.24) is 20.0 Å². The normalized spacial score (nSPS) is 17.9. The lowest BCUT2D eigenvalue weighted by Crippen LogP contribution is -2.38. The summed E-state index contributed by atoms with van der Waals surface area (Å²) in [5.41, 5.74) is 5.25. The minimum atomic E-state index is -0.295. The average Bonchev–Trinajstić information content (AvgIpc) is 3.29. The Morgan fingerprint density at radius 1 is 1.18 bits per heavy atom. The van der Waals surface area contributed by atoms with E-state index >= 15 is 0 Å². The molecule has 0 spiro atoms. The van der Waals surface area contributed by atoms with Crippen molar-refractivity contribution in [3.05, 3.63) is 71.4 Å². The van der Waals surface area contributed by atoms with Crippen molar-refractivity contribution in [2.24, 2.45) is 7.05 Å². The van der Waals surface area contributed by atoms with Crippen molar-refractivity contribution in [3.63, 3.8) is 0 Å².